The van der Waals surface area contributed by atoms with E-state index >= 15 is 0 Å². The molecule has 0 aromatic carbocycles. The van der Waals surface area contributed by atoms with Crippen molar-refractivity contribution in [2.24, 2.45) is 11.8 Å². The van der Waals surface area contributed by atoms with E-state index in [1.165, 1.54) is 12.8 Å². The number of hydrogen-bond donors (Lipinski definition) is 0. The maximum atomic E-state index is 12.8. The summed E-state index contributed by atoms with van der Waals surface area (Å²) in [5, 5.41) is 4.39. The Hall–Kier alpha value is -2.50. The molecule has 0 bridgehead atoms. The third-order valence-electron chi connectivity index (χ3n) is 6.57. The zero-order chi connectivity index (χ0) is 19.0. The number of carbonyl (C=O) groups is 1. The standard InChI is InChI=1S/C22H26N4O2/c27-20(17-4-1-2-5-17)26-12-9-22(10-13-26,14-16-7-8-16)21-24-19(28-25-21)18-6-3-11-23-15-18/h1-3,6,11,15-17H,4-5,7-10,12-14H2. The number of allylic oxidation sites excluding steroid dienone is 2. The Balaban J connectivity index is 1.34. The van der Waals surface area contributed by atoms with Crippen molar-refractivity contribution in [3.8, 4) is 11.5 Å². The number of likely N-dealkylation sites (tertiary alicyclic amines) is 1. The van der Waals surface area contributed by atoms with Crippen LogP contribution < -0.4 is 0 Å². The Morgan fingerprint density at radius 2 is 2.00 bits per heavy atom. The van der Waals surface area contributed by atoms with Crippen LogP contribution in [0, 0.1) is 11.8 Å². The van der Waals surface area contributed by atoms with Crippen molar-refractivity contribution in [2.75, 3.05) is 13.1 Å². The predicted octanol–water partition coefficient (Wildman–Crippen LogP) is 3.76. The lowest BCUT2D eigenvalue weighted by Crippen LogP contribution is -2.47. The van der Waals surface area contributed by atoms with Crippen molar-refractivity contribution in [2.45, 2.75) is 50.4 Å². The van der Waals surface area contributed by atoms with E-state index in [9.17, 15) is 4.79 Å². The molecule has 2 aliphatic carbocycles. The Labute approximate surface area is 165 Å². The summed E-state index contributed by atoms with van der Waals surface area (Å²) >= 11 is 0. The van der Waals surface area contributed by atoms with Gasteiger partial charge in [0.25, 0.3) is 5.89 Å². The SMILES string of the molecule is O=C(C1CC=CC1)N1CCC(CC2CC2)(c2noc(-c3cccnc3)n2)CC1. The van der Waals surface area contributed by atoms with Crippen molar-refractivity contribution in [3.63, 3.8) is 0 Å². The summed E-state index contributed by atoms with van der Waals surface area (Å²) in [6, 6.07) is 3.82. The molecule has 1 aliphatic heterocycles. The van der Waals surface area contributed by atoms with Gasteiger partial charge in [-0.25, -0.2) is 0 Å². The topological polar surface area (TPSA) is 72.1 Å². The molecule has 6 nitrogen and oxygen atoms in total. The summed E-state index contributed by atoms with van der Waals surface area (Å²) in [4.78, 5) is 23.8. The molecular formula is C22H26N4O2. The molecule has 2 fully saturated rings. The van der Waals surface area contributed by atoms with Gasteiger partial charge in [0.2, 0.25) is 5.91 Å². The minimum absolute atomic E-state index is 0.0736. The van der Waals surface area contributed by atoms with E-state index in [2.05, 4.69) is 27.2 Å². The molecule has 5 rings (SSSR count). The lowest BCUT2D eigenvalue weighted by molar-refractivity contribution is -0.137. The van der Waals surface area contributed by atoms with E-state index in [0.29, 0.717) is 11.8 Å². The van der Waals surface area contributed by atoms with Crippen molar-refractivity contribution in [3.05, 3.63) is 42.5 Å². The molecule has 0 spiro atoms. The number of pyridine rings is 1. The van der Waals surface area contributed by atoms with Gasteiger partial charge in [-0.1, -0.05) is 30.2 Å². The van der Waals surface area contributed by atoms with Gasteiger partial charge in [-0.2, -0.15) is 4.98 Å². The van der Waals surface area contributed by atoms with E-state index in [1.807, 2.05) is 12.1 Å². The summed E-state index contributed by atoms with van der Waals surface area (Å²) < 4.78 is 5.60. The fourth-order valence-corrected chi connectivity index (χ4v) is 4.67. The second-order valence-corrected chi connectivity index (χ2v) is 8.56. The van der Waals surface area contributed by atoms with Crippen LogP contribution in [-0.4, -0.2) is 39.0 Å². The fourth-order valence-electron chi connectivity index (χ4n) is 4.67. The highest BCUT2D eigenvalue weighted by Gasteiger charge is 2.45. The molecule has 0 atom stereocenters. The Kier molecular flexibility index (Phi) is 4.49. The van der Waals surface area contributed by atoms with Crippen molar-refractivity contribution in [1.29, 1.82) is 0 Å². The Morgan fingerprint density at radius 3 is 2.68 bits per heavy atom. The van der Waals surface area contributed by atoms with Gasteiger partial charge in [-0.05, 0) is 50.2 Å². The molecule has 146 valence electrons. The zero-order valence-electron chi connectivity index (χ0n) is 16.1. The number of amides is 1. The van der Waals surface area contributed by atoms with Gasteiger partial charge in [-0.15, -0.1) is 0 Å². The van der Waals surface area contributed by atoms with Crippen LogP contribution in [-0.2, 0) is 10.2 Å². The molecule has 1 saturated carbocycles. The average Bonchev–Trinajstić information content (AvgIpc) is 3.21. The monoisotopic (exact) mass is 378 g/mol. The second kappa shape index (κ2) is 7.15. The maximum Gasteiger partial charge on any atom is 0.259 e. The molecule has 3 heterocycles. The van der Waals surface area contributed by atoms with Crippen molar-refractivity contribution >= 4 is 5.91 Å². The number of aromatic nitrogens is 3. The third kappa shape index (κ3) is 3.36. The smallest absolute Gasteiger partial charge is 0.259 e. The molecule has 0 unspecified atom stereocenters. The lowest BCUT2D eigenvalue weighted by atomic mass is 9.73. The molecular weight excluding hydrogens is 352 g/mol. The van der Waals surface area contributed by atoms with E-state index in [1.54, 1.807) is 12.4 Å². The molecule has 2 aromatic rings. The summed E-state index contributed by atoms with van der Waals surface area (Å²) in [6.07, 6.45) is 15.1. The van der Waals surface area contributed by atoms with Crippen LogP contribution in [0.1, 0.15) is 50.8 Å². The summed E-state index contributed by atoms with van der Waals surface area (Å²) in [6.45, 7) is 1.58. The second-order valence-electron chi connectivity index (χ2n) is 8.56. The minimum atomic E-state index is -0.0736. The third-order valence-corrected chi connectivity index (χ3v) is 6.57. The van der Waals surface area contributed by atoms with Gasteiger partial charge < -0.3 is 9.42 Å². The highest BCUT2D eigenvalue weighted by molar-refractivity contribution is 5.79. The molecule has 6 heteroatoms. The average molecular weight is 378 g/mol. The largest absolute Gasteiger partial charge is 0.342 e. The number of nitrogens with zero attached hydrogens (tertiary/aromatic N) is 4. The fraction of sp³-hybridized carbons (Fsp3) is 0.545. The first kappa shape index (κ1) is 17.6. The molecule has 0 N–H and O–H groups in total. The summed E-state index contributed by atoms with van der Waals surface area (Å²) in [5.41, 5.74) is 0.778. The highest BCUT2D eigenvalue weighted by Crippen LogP contribution is 2.47. The Morgan fingerprint density at radius 1 is 1.21 bits per heavy atom. The number of rotatable bonds is 5. The first-order chi connectivity index (χ1) is 13.7. The zero-order valence-corrected chi connectivity index (χ0v) is 16.1. The normalized spacial score (nSPS) is 21.9. The van der Waals surface area contributed by atoms with Crippen molar-refractivity contribution < 1.29 is 9.32 Å². The predicted molar refractivity (Wildman–Crippen MR) is 104 cm³/mol. The molecule has 2 aromatic heterocycles. The van der Waals surface area contributed by atoms with Crippen LogP contribution >= 0.6 is 0 Å². The maximum absolute atomic E-state index is 12.8. The first-order valence-corrected chi connectivity index (χ1v) is 10.4. The van der Waals surface area contributed by atoms with Crippen LogP contribution in [0.2, 0.25) is 0 Å². The summed E-state index contributed by atoms with van der Waals surface area (Å²) in [5.74, 6) is 2.58. The van der Waals surface area contributed by atoms with Gasteiger partial charge in [0.1, 0.15) is 0 Å². The van der Waals surface area contributed by atoms with E-state index in [-0.39, 0.29) is 11.3 Å². The van der Waals surface area contributed by atoms with Crippen LogP contribution in [0.25, 0.3) is 11.5 Å². The lowest BCUT2D eigenvalue weighted by Gasteiger charge is -2.40. The molecule has 1 amide bonds. The summed E-state index contributed by atoms with van der Waals surface area (Å²) in [7, 11) is 0. The minimum Gasteiger partial charge on any atom is -0.342 e. The van der Waals surface area contributed by atoms with Crippen LogP contribution in [0.3, 0.4) is 0 Å². The number of hydrogen-bond acceptors (Lipinski definition) is 5. The van der Waals surface area contributed by atoms with E-state index in [0.717, 1.165) is 62.5 Å². The van der Waals surface area contributed by atoms with Gasteiger partial charge in [0.05, 0.1) is 5.56 Å². The van der Waals surface area contributed by atoms with E-state index < -0.39 is 0 Å². The molecule has 28 heavy (non-hydrogen) atoms. The first-order valence-electron chi connectivity index (χ1n) is 10.4. The van der Waals surface area contributed by atoms with Gasteiger partial charge >= 0.3 is 0 Å². The van der Waals surface area contributed by atoms with Gasteiger partial charge in [0, 0.05) is 36.8 Å². The number of piperidine rings is 1. The van der Waals surface area contributed by atoms with E-state index in [4.69, 9.17) is 9.51 Å². The van der Waals surface area contributed by atoms with Crippen LogP contribution in [0.5, 0.6) is 0 Å². The van der Waals surface area contributed by atoms with Crippen molar-refractivity contribution in [1.82, 2.24) is 20.0 Å². The molecule has 3 aliphatic rings. The van der Waals surface area contributed by atoms with Crippen LogP contribution in [0.4, 0.5) is 0 Å². The number of carbonyl (C=O) groups excluding carboxylic acids is 1. The quantitative estimate of drug-likeness (QED) is 0.741. The molecule has 0 radical (unpaired) electrons. The van der Waals surface area contributed by atoms with Crippen LogP contribution in [0.15, 0.2) is 41.2 Å². The Bertz CT molecular complexity index is 856. The highest BCUT2D eigenvalue weighted by atomic mass is 16.5. The van der Waals surface area contributed by atoms with Gasteiger partial charge in [-0.3, -0.25) is 9.78 Å². The van der Waals surface area contributed by atoms with Gasteiger partial charge in [0.15, 0.2) is 5.82 Å². The molecule has 1 saturated heterocycles.